The minimum Gasteiger partial charge on any atom is -0.756 e. The Balaban J connectivity index is 4.55. The van der Waals surface area contributed by atoms with E-state index in [1.807, 2.05) is 21.1 Å². The highest BCUT2D eigenvalue weighted by atomic mass is 31.2. The number of amides is 1. The second-order valence-electron chi connectivity index (χ2n) is 16.2. The van der Waals surface area contributed by atoms with Crippen LogP contribution in [-0.2, 0) is 18.4 Å². The van der Waals surface area contributed by atoms with Crippen LogP contribution in [0.15, 0.2) is 36.5 Å². The SMILES string of the molecule is CCCCCC/C=C\C/C=C\CCCCCCCCCC(=O)NC(COP(=O)([O-])OCC[N+](C)(C)C)C(O)C(O)CCC/C=C/CCCCCCCCC. The Labute approximate surface area is 332 Å². The molecule has 4 atom stereocenters. The molecule has 0 rings (SSSR count). The maximum Gasteiger partial charge on any atom is 0.268 e. The van der Waals surface area contributed by atoms with E-state index in [4.69, 9.17) is 9.05 Å². The lowest BCUT2D eigenvalue weighted by atomic mass is 10.0. The molecular weight excluding hydrogens is 699 g/mol. The van der Waals surface area contributed by atoms with Crippen LogP contribution in [0.25, 0.3) is 0 Å². The summed E-state index contributed by atoms with van der Waals surface area (Å²) in [5.41, 5.74) is 0. The molecule has 0 saturated carbocycles. The number of carbonyl (C=O) groups excluding carboxylic acids is 1. The number of nitrogens with zero attached hydrogens (tertiary/aromatic N) is 1. The van der Waals surface area contributed by atoms with E-state index in [-0.39, 0.29) is 18.9 Å². The van der Waals surface area contributed by atoms with Gasteiger partial charge in [-0.25, -0.2) is 0 Å². The summed E-state index contributed by atoms with van der Waals surface area (Å²) in [5, 5.41) is 24.5. The van der Waals surface area contributed by atoms with Crippen molar-refractivity contribution in [2.75, 3.05) is 40.9 Å². The minimum absolute atomic E-state index is 0.0484. The number of hydrogen-bond donors (Lipinski definition) is 3. The van der Waals surface area contributed by atoms with E-state index < -0.39 is 32.7 Å². The molecule has 0 bridgehead atoms. The van der Waals surface area contributed by atoms with Crippen molar-refractivity contribution in [3.05, 3.63) is 36.5 Å². The first kappa shape index (κ1) is 52.7. The molecule has 9 nitrogen and oxygen atoms in total. The number of allylic oxidation sites excluding steroid dienone is 6. The Bertz CT molecular complexity index is 998. The van der Waals surface area contributed by atoms with Gasteiger partial charge in [0.05, 0.1) is 39.9 Å². The van der Waals surface area contributed by atoms with Gasteiger partial charge >= 0.3 is 0 Å². The third-order valence-electron chi connectivity index (χ3n) is 9.69. The lowest BCUT2D eigenvalue weighted by molar-refractivity contribution is -0.870. The third-order valence-corrected chi connectivity index (χ3v) is 10.7. The summed E-state index contributed by atoms with van der Waals surface area (Å²) >= 11 is 0. The number of aliphatic hydroxyl groups excluding tert-OH is 2. The molecule has 0 aliphatic carbocycles. The van der Waals surface area contributed by atoms with Crippen molar-refractivity contribution in [2.45, 2.75) is 199 Å². The topological polar surface area (TPSA) is 128 Å². The van der Waals surface area contributed by atoms with Gasteiger partial charge in [-0.1, -0.05) is 140 Å². The van der Waals surface area contributed by atoms with Gasteiger partial charge in [-0.15, -0.1) is 0 Å². The molecule has 0 aromatic carbocycles. The second kappa shape index (κ2) is 36.0. The quantitative estimate of drug-likeness (QED) is 0.0245. The molecule has 0 aromatic rings. The predicted octanol–water partition coefficient (Wildman–Crippen LogP) is 10.3. The van der Waals surface area contributed by atoms with Crippen LogP contribution < -0.4 is 10.2 Å². The molecule has 0 spiro atoms. The van der Waals surface area contributed by atoms with E-state index in [2.05, 4.69) is 55.6 Å². The number of phosphoric ester groups is 1. The molecule has 3 N–H and O–H groups in total. The number of quaternary nitrogens is 1. The molecule has 0 aromatic heterocycles. The second-order valence-corrected chi connectivity index (χ2v) is 17.6. The first-order valence-corrected chi connectivity index (χ1v) is 23.4. The fraction of sp³-hybridized carbons (Fsp3) is 0.841. The number of rotatable bonds is 39. The molecule has 1 amide bonds. The van der Waals surface area contributed by atoms with Gasteiger partial charge in [0.1, 0.15) is 19.3 Å². The predicted molar refractivity (Wildman–Crippen MR) is 225 cm³/mol. The standard InChI is InChI=1S/C44H85N2O7P/c1-6-8-10-12-14-16-18-20-21-22-23-24-25-27-29-31-33-35-37-43(48)45-41(40-53-54(50,51)52-39-38-46(3,4)5)44(49)42(47)36-34-32-30-28-26-19-17-15-13-11-9-7-2/h16,18,21-22,28,30,41-42,44,47,49H,6-15,17,19-20,23-27,29,31-40H2,1-5H3,(H-,45,48,50,51)/b18-16-,22-21-,30-28+. The molecule has 318 valence electrons. The zero-order valence-electron chi connectivity index (χ0n) is 35.5. The van der Waals surface area contributed by atoms with E-state index >= 15 is 0 Å². The molecule has 0 fully saturated rings. The van der Waals surface area contributed by atoms with Crippen LogP contribution in [0.3, 0.4) is 0 Å². The van der Waals surface area contributed by atoms with Crippen LogP contribution in [0.4, 0.5) is 0 Å². The van der Waals surface area contributed by atoms with E-state index in [9.17, 15) is 24.5 Å². The highest BCUT2D eigenvalue weighted by Crippen LogP contribution is 2.38. The highest BCUT2D eigenvalue weighted by molar-refractivity contribution is 7.45. The van der Waals surface area contributed by atoms with Gasteiger partial charge in [0.15, 0.2) is 0 Å². The number of unbranched alkanes of at least 4 members (excludes halogenated alkanes) is 19. The molecular formula is C44H85N2O7P. The average Bonchev–Trinajstić information content (AvgIpc) is 3.12. The van der Waals surface area contributed by atoms with Crippen molar-refractivity contribution in [1.29, 1.82) is 0 Å². The number of hydrogen-bond acceptors (Lipinski definition) is 7. The molecule has 0 aliphatic heterocycles. The van der Waals surface area contributed by atoms with Gasteiger partial charge < -0.3 is 34.0 Å². The first-order valence-electron chi connectivity index (χ1n) is 21.9. The normalized spacial score (nSPS) is 15.3. The van der Waals surface area contributed by atoms with Gasteiger partial charge in [0.25, 0.3) is 7.82 Å². The van der Waals surface area contributed by atoms with Crippen LogP contribution >= 0.6 is 7.82 Å². The van der Waals surface area contributed by atoms with Crippen LogP contribution in [0, 0.1) is 0 Å². The van der Waals surface area contributed by atoms with Crippen molar-refractivity contribution < 1.29 is 38.0 Å². The zero-order valence-corrected chi connectivity index (χ0v) is 36.4. The molecule has 0 aliphatic rings. The molecule has 0 radical (unpaired) electrons. The largest absolute Gasteiger partial charge is 0.756 e. The Morgan fingerprint density at radius 3 is 1.63 bits per heavy atom. The van der Waals surface area contributed by atoms with Gasteiger partial charge in [0, 0.05) is 6.42 Å². The summed E-state index contributed by atoms with van der Waals surface area (Å²) in [6.07, 6.45) is 38.9. The average molecular weight is 785 g/mol. The number of likely N-dealkylation sites (N-methyl/N-ethyl adjacent to an activating group) is 1. The monoisotopic (exact) mass is 785 g/mol. The van der Waals surface area contributed by atoms with Crippen molar-refractivity contribution in [3.63, 3.8) is 0 Å². The van der Waals surface area contributed by atoms with E-state index in [0.717, 1.165) is 44.9 Å². The Morgan fingerprint density at radius 1 is 0.667 bits per heavy atom. The fourth-order valence-electron chi connectivity index (χ4n) is 6.11. The van der Waals surface area contributed by atoms with E-state index in [0.29, 0.717) is 30.3 Å². The van der Waals surface area contributed by atoms with Crippen LogP contribution in [0.5, 0.6) is 0 Å². The molecule has 54 heavy (non-hydrogen) atoms. The number of carbonyl (C=O) groups is 1. The summed E-state index contributed by atoms with van der Waals surface area (Å²) in [5.74, 6) is -0.298. The number of aliphatic hydroxyl groups is 2. The fourth-order valence-corrected chi connectivity index (χ4v) is 6.83. The molecule has 10 heteroatoms. The summed E-state index contributed by atoms with van der Waals surface area (Å²) < 4.78 is 23.1. The maximum absolute atomic E-state index is 12.9. The molecule has 0 heterocycles. The van der Waals surface area contributed by atoms with Crippen LogP contribution in [-0.4, -0.2) is 79.8 Å². The van der Waals surface area contributed by atoms with Gasteiger partial charge in [-0.3, -0.25) is 9.36 Å². The lowest BCUT2D eigenvalue weighted by Gasteiger charge is -2.31. The third kappa shape index (κ3) is 36.3. The molecule has 0 saturated heterocycles. The van der Waals surface area contributed by atoms with Gasteiger partial charge in [0.2, 0.25) is 5.91 Å². The van der Waals surface area contributed by atoms with Crippen LogP contribution in [0.1, 0.15) is 181 Å². The smallest absolute Gasteiger partial charge is 0.268 e. The van der Waals surface area contributed by atoms with Crippen molar-refractivity contribution in [3.8, 4) is 0 Å². The highest BCUT2D eigenvalue weighted by Gasteiger charge is 2.29. The van der Waals surface area contributed by atoms with Crippen molar-refractivity contribution in [1.82, 2.24) is 5.32 Å². The molecule has 4 unspecified atom stereocenters. The Morgan fingerprint density at radius 2 is 1.11 bits per heavy atom. The summed E-state index contributed by atoms with van der Waals surface area (Å²) in [7, 11) is 1.10. The summed E-state index contributed by atoms with van der Waals surface area (Å²) in [6.45, 7) is 4.37. The van der Waals surface area contributed by atoms with Crippen LogP contribution in [0.2, 0.25) is 0 Å². The Hall–Kier alpha value is -1.32. The first-order chi connectivity index (χ1) is 25.9. The zero-order chi connectivity index (χ0) is 40.2. The maximum atomic E-state index is 12.9. The van der Waals surface area contributed by atoms with Gasteiger partial charge in [-0.05, 0) is 70.6 Å². The minimum atomic E-state index is -4.67. The van der Waals surface area contributed by atoms with E-state index in [1.54, 1.807) is 0 Å². The van der Waals surface area contributed by atoms with Crippen molar-refractivity contribution in [2.24, 2.45) is 0 Å². The summed E-state index contributed by atoms with van der Waals surface area (Å²) in [6, 6.07) is -1.09. The van der Waals surface area contributed by atoms with Crippen molar-refractivity contribution >= 4 is 13.7 Å². The Kier molecular flexibility index (Phi) is 35.2. The van der Waals surface area contributed by atoms with E-state index in [1.165, 1.54) is 96.3 Å². The summed E-state index contributed by atoms with van der Waals surface area (Å²) in [4.78, 5) is 25.3. The number of nitrogens with one attached hydrogen (secondary N) is 1. The lowest BCUT2D eigenvalue weighted by Crippen LogP contribution is -2.51. The van der Waals surface area contributed by atoms with Gasteiger partial charge in [-0.2, -0.15) is 0 Å². The number of phosphoric acid groups is 1.